The molecule has 3 N–H and O–H groups in total. The molecule has 0 atom stereocenters. The molecule has 0 spiro atoms. The predicted octanol–water partition coefficient (Wildman–Crippen LogP) is 0.858. The monoisotopic (exact) mass is 269 g/mol. The molecule has 0 aromatic carbocycles. The van der Waals surface area contributed by atoms with E-state index in [9.17, 15) is 4.79 Å². The van der Waals surface area contributed by atoms with Gasteiger partial charge in [-0.25, -0.2) is 4.98 Å². The topological polar surface area (TPSA) is 93.8 Å². The third-order valence-electron chi connectivity index (χ3n) is 1.97. The van der Waals surface area contributed by atoms with Crippen LogP contribution in [0, 0.1) is 6.92 Å². The molecular weight excluding hydrogens is 258 g/mol. The molecule has 2 rings (SSSR count). The fourth-order valence-electron chi connectivity index (χ4n) is 1.23. The molecule has 90 valence electrons. The molecule has 0 aliphatic rings. The van der Waals surface area contributed by atoms with Crippen molar-refractivity contribution in [2.45, 2.75) is 13.3 Å². The summed E-state index contributed by atoms with van der Waals surface area (Å²) in [7, 11) is 0. The van der Waals surface area contributed by atoms with Gasteiger partial charge in [-0.15, -0.1) is 21.5 Å². The van der Waals surface area contributed by atoms with Crippen LogP contribution in [-0.2, 0) is 6.42 Å². The summed E-state index contributed by atoms with van der Waals surface area (Å²) in [5.74, 6) is -0.244. The van der Waals surface area contributed by atoms with Crippen LogP contribution in [0.4, 0.5) is 5.13 Å². The van der Waals surface area contributed by atoms with Gasteiger partial charge < -0.3 is 11.1 Å². The van der Waals surface area contributed by atoms with E-state index in [0.717, 1.165) is 22.0 Å². The smallest absolute Gasteiger partial charge is 0.282 e. The van der Waals surface area contributed by atoms with Crippen LogP contribution in [0.15, 0.2) is 5.38 Å². The standard InChI is InChI=1S/C9H11N5OS2/c1-5-12-6(4-16-5)2-3-11-7(15)8-13-14-9(10)17-8/h4H,2-3H2,1H3,(H2,10,14)(H,11,15). The number of carbonyl (C=O) groups excluding carboxylic acids is 1. The SMILES string of the molecule is Cc1nc(CCNC(=O)c2nnc(N)s2)cs1. The van der Waals surface area contributed by atoms with E-state index in [1.807, 2.05) is 12.3 Å². The number of amides is 1. The van der Waals surface area contributed by atoms with Gasteiger partial charge in [0.2, 0.25) is 10.1 Å². The lowest BCUT2D eigenvalue weighted by atomic mass is 10.3. The lowest BCUT2D eigenvalue weighted by Crippen LogP contribution is -2.25. The summed E-state index contributed by atoms with van der Waals surface area (Å²) >= 11 is 2.68. The summed E-state index contributed by atoms with van der Waals surface area (Å²) in [6, 6.07) is 0. The van der Waals surface area contributed by atoms with Gasteiger partial charge >= 0.3 is 0 Å². The molecule has 0 saturated carbocycles. The number of thiazole rings is 1. The van der Waals surface area contributed by atoms with Crippen LogP contribution < -0.4 is 11.1 Å². The van der Waals surface area contributed by atoms with Crippen molar-refractivity contribution in [3.05, 3.63) is 21.1 Å². The van der Waals surface area contributed by atoms with Gasteiger partial charge in [-0.3, -0.25) is 4.79 Å². The Balaban J connectivity index is 1.81. The van der Waals surface area contributed by atoms with E-state index < -0.39 is 0 Å². The molecule has 2 aromatic rings. The van der Waals surface area contributed by atoms with Crippen molar-refractivity contribution in [2.24, 2.45) is 0 Å². The summed E-state index contributed by atoms with van der Waals surface area (Å²) in [6.07, 6.45) is 0.713. The average Bonchev–Trinajstić information content (AvgIpc) is 2.88. The largest absolute Gasteiger partial charge is 0.374 e. The zero-order valence-corrected chi connectivity index (χ0v) is 10.8. The van der Waals surface area contributed by atoms with Crippen molar-refractivity contribution in [3.8, 4) is 0 Å². The minimum Gasteiger partial charge on any atom is -0.374 e. The zero-order chi connectivity index (χ0) is 12.3. The van der Waals surface area contributed by atoms with Crippen LogP contribution >= 0.6 is 22.7 Å². The van der Waals surface area contributed by atoms with Gasteiger partial charge in [-0.1, -0.05) is 11.3 Å². The Bertz CT molecular complexity index is 521. The number of nitrogens with one attached hydrogen (secondary N) is 1. The lowest BCUT2D eigenvalue weighted by Gasteiger charge is -1.99. The molecule has 0 bridgehead atoms. The van der Waals surface area contributed by atoms with E-state index in [4.69, 9.17) is 5.73 Å². The van der Waals surface area contributed by atoms with Crippen LogP contribution in [0.2, 0.25) is 0 Å². The van der Waals surface area contributed by atoms with Crippen LogP contribution in [0.1, 0.15) is 20.5 Å². The molecule has 8 heteroatoms. The first kappa shape index (κ1) is 11.9. The van der Waals surface area contributed by atoms with Crippen LogP contribution in [0.25, 0.3) is 0 Å². The number of hydrogen-bond donors (Lipinski definition) is 2. The van der Waals surface area contributed by atoms with Crippen LogP contribution in [0.3, 0.4) is 0 Å². The van der Waals surface area contributed by atoms with Crippen molar-refractivity contribution < 1.29 is 4.79 Å². The quantitative estimate of drug-likeness (QED) is 0.858. The maximum absolute atomic E-state index is 11.6. The molecular formula is C9H11N5OS2. The highest BCUT2D eigenvalue weighted by Crippen LogP contribution is 2.11. The highest BCUT2D eigenvalue weighted by Gasteiger charge is 2.10. The second kappa shape index (κ2) is 5.19. The summed E-state index contributed by atoms with van der Waals surface area (Å²) in [6.45, 7) is 2.48. The number of hydrogen-bond acceptors (Lipinski definition) is 7. The molecule has 17 heavy (non-hydrogen) atoms. The molecule has 0 saturated heterocycles. The van der Waals surface area contributed by atoms with Gasteiger partial charge in [0.15, 0.2) is 0 Å². The first-order valence-corrected chi connectivity index (χ1v) is 6.63. The fraction of sp³-hybridized carbons (Fsp3) is 0.333. The third kappa shape index (κ3) is 3.21. The van der Waals surface area contributed by atoms with Gasteiger partial charge in [0, 0.05) is 18.3 Å². The first-order valence-electron chi connectivity index (χ1n) is 4.93. The highest BCUT2D eigenvalue weighted by molar-refractivity contribution is 7.16. The van der Waals surface area contributed by atoms with Crippen LogP contribution in [0.5, 0.6) is 0 Å². The molecule has 2 aromatic heterocycles. The minimum atomic E-state index is -0.244. The van der Waals surface area contributed by atoms with Crippen molar-refractivity contribution in [1.29, 1.82) is 0 Å². The second-order valence-corrected chi connectivity index (χ2v) is 5.38. The number of rotatable bonds is 4. The Hall–Kier alpha value is -1.54. The number of nitrogens with two attached hydrogens (primary N) is 1. The predicted molar refractivity (Wildman–Crippen MR) is 67.2 cm³/mol. The van der Waals surface area contributed by atoms with E-state index >= 15 is 0 Å². The number of aromatic nitrogens is 3. The van der Waals surface area contributed by atoms with E-state index in [2.05, 4.69) is 20.5 Å². The Morgan fingerprint density at radius 2 is 2.35 bits per heavy atom. The normalized spacial score (nSPS) is 10.4. The average molecular weight is 269 g/mol. The molecule has 0 unspecified atom stereocenters. The Morgan fingerprint density at radius 3 is 2.94 bits per heavy atom. The molecule has 2 heterocycles. The molecule has 0 fully saturated rings. The van der Waals surface area contributed by atoms with Gasteiger partial charge in [0.1, 0.15) is 0 Å². The summed E-state index contributed by atoms with van der Waals surface area (Å²) < 4.78 is 0. The van der Waals surface area contributed by atoms with Crippen molar-refractivity contribution in [3.63, 3.8) is 0 Å². The van der Waals surface area contributed by atoms with Gasteiger partial charge in [0.05, 0.1) is 10.7 Å². The number of aryl methyl sites for hydroxylation is 1. The van der Waals surface area contributed by atoms with Crippen molar-refractivity contribution >= 4 is 33.7 Å². The Morgan fingerprint density at radius 1 is 1.53 bits per heavy atom. The van der Waals surface area contributed by atoms with Crippen molar-refractivity contribution in [2.75, 3.05) is 12.3 Å². The minimum absolute atomic E-state index is 0.244. The zero-order valence-electron chi connectivity index (χ0n) is 9.14. The first-order chi connectivity index (χ1) is 8.15. The maximum atomic E-state index is 11.6. The third-order valence-corrected chi connectivity index (χ3v) is 3.54. The van der Waals surface area contributed by atoms with E-state index in [-0.39, 0.29) is 10.9 Å². The Labute approximate surface area is 106 Å². The van der Waals surface area contributed by atoms with E-state index in [1.165, 1.54) is 0 Å². The van der Waals surface area contributed by atoms with Crippen LogP contribution in [-0.4, -0.2) is 27.6 Å². The second-order valence-electron chi connectivity index (χ2n) is 3.31. The van der Waals surface area contributed by atoms with E-state index in [0.29, 0.717) is 18.1 Å². The Kier molecular flexibility index (Phi) is 3.64. The summed E-state index contributed by atoms with van der Waals surface area (Å²) in [5, 5.41) is 13.6. The highest BCUT2D eigenvalue weighted by atomic mass is 32.1. The van der Waals surface area contributed by atoms with Crippen molar-refractivity contribution in [1.82, 2.24) is 20.5 Å². The molecule has 0 aliphatic carbocycles. The van der Waals surface area contributed by atoms with Gasteiger partial charge in [0.25, 0.3) is 5.91 Å². The number of nitrogens with zero attached hydrogens (tertiary/aromatic N) is 3. The molecule has 6 nitrogen and oxygen atoms in total. The van der Waals surface area contributed by atoms with Gasteiger partial charge in [-0.2, -0.15) is 0 Å². The lowest BCUT2D eigenvalue weighted by molar-refractivity contribution is 0.0953. The maximum Gasteiger partial charge on any atom is 0.282 e. The number of anilines is 1. The fourth-order valence-corrected chi connectivity index (χ4v) is 2.40. The van der Waals surface area contributed by atoms with E-state index in [1.54, 1.807) is 11.3 Å². The molecule has 1 amide bonds. The molecule has 0 radical (unpaired) electrons. The van der Waals surface area contributed by atoms with Gasteiger partial charge in [-0.05, 0) is 6.92 Å². The number of nitrogen functional groups attached to an aromatic ring is 1. The summed E-state index contributed by atoms with van der Waals surface area (Å²) in [4.78, 5) is 15.9. The molecule has 0 aliphatic heterocycles. The summed E-state index contributed by atoms with van der Waals surface area (Å²) in [5.41, 5.74) is 6.39. The number of carbonyl (C=O) groups is 1.